The van der Waals surface area contributed by atoms with E-state index in [1.807, 2.05) is 0 Å². The van der Waals surface area contributed by atoms with Gasteiger partial charge in [-0.05, 0) is 131 Å². The largest absolute Gasteiger partial charge is 0.310 e. The van der Waals surface area contributed by atoms with Gasteiger partial charge in [0.25, 0.3) is 0 Å². The SMILES string of the molecule is c1ccc(-c2ccc3cc(N(c4ccc(-c5cc6ccccc6c6ccccc56)cc4)c4cccc(-c5ccc6ccccc6c5)c4)ccc3c2)cc1. The minimum atomic E-state index is 1.11. The topological polar surface area (TPSA) is 3.24 Å². The van der Waals surface area contributed by atoms with Gasteiger partial charge in [-0.15, -0.1) is 0 Å². The number of hydrogen-bond acceptors (Lipinski definition) is 1. The van der Waals surface area contributed by atoms with Gasteiger partial charge in [0.1, 0.15) is 0 Å². The van der Waals surface area contributed by atoms with Crippen LogP contribution in [0.4, 0.5) is 17.1 Å². The Morgan fingerprint density at radius 2 is 0.736 bits per heavy atom. The molecule has 0 saturated heterocycles. The molecule has 248 valence electrons. The Bertz CT molecular complexity index is 2940. The van der Waals surface area contributed by atoms with Gasteiger partial charge in [-0.1, -0.05) is 158 Å². The van der Waals surface area contributed by atoms with Crippen LogP contribution in [-0.2, 0) is 0 Å². The van der Waals surface area contributed by atoms with Crippen LogP contribution in [-0.4, -0.2) is 0 Å². The zero-order valence-electron chi connectivity index (χ0n) is 29.2. The first-order chi connectivity index (χ1) is 26.2. The quantitative estimate of drug-likeness (QED) is 0.159. The summed E-state index contributed by atoms with van der Waals surface area (Å²) >= 11 is 0. The van der Waals surface area contributed by atoms with Crippen LogP contribution in [0.2, 0.25) is 0 Å². The molecule has 0 heterocycles. The van der Waals surface area contributed by atoms with Crippen molar-refractivity contribution in [1.29, 1.82) is 0 Å². The summed E-state index contributed by atoms with van der Waals surface area (Å²) in [6.07, 6.45) is 0. The minimum Gasteiger partial charge on any atom is -0.310 e. The molecule has 1 heteroatoms. The molecular weight excluding hydrogens is 639 g/mol. The molecular formula is C52H35N. The molecule has 0 spiro atoms. The molecule has 10 aromatic carbocycles. The van der Waals surface area contributed by atoms with Crippen LogP contribution in [0.3, 0.4) is 0 Å². The maximum Gasteiger partial charge on any atom is 0.0468 e. The Kier molecular flexibility index (Phi) is 7.55. The van der Waals surface area contributed by atoms with Gasteiger partial charge in [0.2, 0.25) is 0 Å². The number of fused-ring (bicyclic) bond motifs is 5. The number of rotatable bonds is 6. The molecule has 0 N–H and O–H groups in total. The van der Waals surface area contributed by atoms with Crippen LogP contribution in [0.5, 0.6) is 0 Å². The molecule has 0 bridgehead atoms. The van der Waals surface area contributed by atoms with E-state index in [1.54, 1.807) is 0 Å². The lowest BCUT2D eigenvalue weighted by Crippen LogP contribution is -2.10. The van der Waals surface area contributed by atoms with E-state index in [0.717, 1.165) is 17.1 Å². The van der Waals surface area contributed by atoms with E-state index in [4.69, 9.17) is 0 Å². The number of nitrogens with zero attached hydrogens (tertiary/aromatic N) is 1. The van der Waals surface area contributed by atoms with Gasteiger partial charge < -0.3 is 4.90 Å². The van der Waals surface area contributed by atoms with E-state index < -0.39 is 0 Å². The lowest BCUT2D eigenvalue weighted by Gasteiger charge is -2.27. The lowest BCUT2D eigenvalue weighted by atomic mass is 9.93. The van der Waals surface area contributed by atoms with Gasteiger partial charge in [0.05, 0.1) is 0 Å². The molecule has 0 aromatic heterocycles. The average Bonchev–Trinajstić information content (AvgIpc) is 3.24. The van der Waals surface area contributed by atoms with Crippen molar-refractivity contribution < 1.29 is 0 Å². The van der Waals surface area contributed by atoms with Gasteiger partial charge in [-0.2, -0.15) is 0 Å². The molecule has 1 nitrogen and oxygen atoms in total. The van der Waals surface area contributed by atoms with E-state index in [1.165, 1.54) is 76.5 Å². The summed E-state index contributed by atoms with van der Waals surface area (Å²) < 4.78 is 0. The Hall–Kier alpha value is -6.96. The number of benzene rings is 10. The highest BCUT2D eigenvalue weighted by Crippen LogP contribution is 2.41. The first-order valence-corrected chi connectivity index (χ1v) is 18.2. The fourth-order valence-electron chi connectivity index (χ4n) is 7.91. The molecule has 10 rings (SSSR count). The van der Waals surface area contributed by atoms with Gasteiger partial charge >= 0.3 is 0 Å². The fraction of sp³-hybridized carbons (Fsp3) is 0. The third-order valence-electron chi connectivity index (χ3n) is 10.6. The van der Waals surface area contributed by atoms with E-state index in [9.17, 15) is 0 Å². The highest BCUT2D eigenvalue weighted by molar-refractivity contribution is 6.13. The standard InChI is InChI=1S/C52H35N/c1-2-11-36(12-3-1)41-23-24-44-34-48(30-27-43(44)32-41)53(47-17-10-16-40(33-47)42-22-21-37-13-4-5-14-39(37)31-42)46-28-25-38(26-29-46)52-35-45-15-6-7-18-49(45)50-19-8-9-20-51(50)52/h1-35H. The summed E-state index contributed by atoms with van der Waals surface area (Å²) in [4.78, 5) is 2.39. The Morgan fingerprint density at radius 3 is 1.55 bits per heavy atom. The first kappa shape index (κ1) is 30.8. The molecule has 0 fully saturated rings. The van der Waals surface area contributed by atoms with Crippen molar-refractivity contribution in [2.45, 2.75) is 0 Å². The van der Waals surface area contributed by atoms with Crippen LogP contribution in [0.1, 0.15) is 0 Å². The van der Waals surface area contributed by atoms with Crippen molar-refractivity contribution in [3.05, 3.63) is 212 Å². The maximum absolute atomic E-state index is 2.39. The molecule has 10 aromatic rings. The molecule has 0 radical (unpaired) electrons. The van der Waals surface area contributed by atoms with Crippen molar-refractivity contribution >= 4 is 60.2 Å². The molecule has 0 atom stereocenters. The maximum atomic E-state index is 2.39. The Morgan fingerprint density at radius 1 is 0.226 bits per heavy atom. The zero-order valence-corrected chi connectivity index (χ0v) is 29.2. The van der Waals surface area contributed by atoms with Crippen molar-refractivity contribution in [3.8, 4) is 33.4 Å². The van der Waals surface area contributed by atoms with E-state index >= 15 is 0 Å². The summed E-state index contributed by atoms with van der Waals surface area (Å²) in [6, 6.07) is 77.3. The molecule has 0 aliphatic heterocycles. The normalized spacial score (nSPS) is 11.4. The average molecular weight is 674 g/mol. The van der Waals surface area contributed by atoms with Gasteiger partial charge in [-0.25, -0.2) is 0 Å². The molecule has 0 saturated carbocycles. The van der Waals surface area contributed by atoms with E-state index in [-0.39, 0.29) is 0 Å². The van der Waals surface area contributed by atoms with Crippen LogP contribution in [0.25, 0.3) is 76.5 Å². The molecule has 0 amide bonds. The second kappa shape index (κ2) is 13.0. The zero-order chi connectivity index (χ0) is 35.1. The number of anilines is 3. The van der Waals surface area contributed by atoms with E-state index in [2.05, 4.69) is 217 Å². The third kappa shape index (κ3) is 5.69. The van der Waals surface area contributed by atoms with Crippen LogP contribution in [0, 0.1) is 0 Å². The predicted molar refractivity (Wildman–Crippen MR) is 227 cm³/mol. The monoisotopic (exact) mass is 673 g/mol. The van der Waals surface area contributed by atoms with Gasteiger partial charge in [0.15, 0.2) is 0 Å². The van der Waals surface area contributed by atoms with Crippen molar-refractivity contribution in [2.24, 2.45) is 0 Å². The molecule has 0 unspecified atom stereocenters. The van der Waals surface area contributed by atoms with Crippen molar-refractivity contribution in [3.63, 3.8) is 0 Å². The van der Waals surface area contributed by atoms with Gasteiger partial charge in [0, 0.05) is 17.1 Å². The first-order valence-electron chi connectivity index (χ1n) is 18.2. The van der Waals surface area contributed by atoms with Gasteiger partial charge in [-0.3, -0.25) is 0 Å². The summed E-state index contributed by atoms with van der Waals surface area (Å²) in [6.45, 7) is 0. The third-order valence-corrected chi connectivity index (χ3v) is 10.6. The Balaban J connectivity index is 1.10. The van der Waals surface area contributed by atoms with Crippen LogP contribution < -0.4 is 4.90 Å². The van der Waals surface area contributed by atoms with Crippen molar-refractivity contribution in [1.82, 2.24) is 0 Å². The molecule has 0 aliphatic carbocycles. The summed E-state index contributed by atoms with van der Waals surface area (Å²) in [7, 11) is 0. The van der Waals surface area contributed by atoms with Crippen LogP contribution in [0.15, 0.2) is 212 Å². The predicted octanol–water partition coefficient (Wildman–Crippen LogP) is 14.8. The fourth-order valence-corrected chi connectivity index (χ4v) is 7.91. The van der Waals surface area contributed by atoms with Crippen molar-refractivity contribution in [2.75, 3.05) is 4.90 Å². The highest BCUT2D eigenvalue weighted by atomic mass is 15.1. The number of hydrogen-bond donors (Lipinski definition) is 0. The second-order valence-corrected chi connectivity index (χ2v) is 13.8. The Labute approximate surface area is 309 Å². The summed E-state index contributed by atoms with van der Waals surface area (Å²) in [5, 5.41) is 10.0. The smallest absolute Gasteiger partial charge is 0.0468 e. The van der Waals surface area contributed by atoms with Crippen LogP contribution >= 0.6 is 0 Å². The lowest BCUT2D eigenvalue weighted by molar-refractivity contribution is 1.29. The molecule has 0 aliphatic rings. The highest BCUT2D eigenvalue weighted by Gasteiger charge is 2.16. The van der Waals surface area contributed by atoms with E-state index in [0.29, 0.717) is 0 Å². The summed E-state index contributed by atoms with van der Waals surface area (Å²) in [5.41, 5.74) is 10.6. The summed E-state index contributed by atoms with van der Waals surface area (Å²) in [5.74, 6) is 0. The molecule has 53 heavy (non-hydrogen) atoms. The second-order valence-electron chi connectivity index (χ2n) is 13.8. The minimum absolute atomic E-state index is 1.11.